The molecule has 0 aliphatic heterocycles. The van der Waals surface area contributed by atoms with Crippen molar-refractivity contribution in [3.63, 3.8) is 0 Å². The van der Waals surface area contributed by atoms with E-state index in [1.165, 1.54) is 11.1 Å². The molecule has 1 heterocycles. The highest BCUT2D eigenvalue weighted by molar-refractivity contribution is 5.45. The smallest absolute Gasteiger partial charge is 0.369 e. The van der Waals surface area contributed by atoms with E-state index in [0.717, 1.165) is 12.5 Å². The number of rotatable bonds is 3. The Morgan fingerprint density at radius 2 is 2.00 bits per heavy atom. The monoisotopic (exact) mass is 294 g/mol. The van der Waals surface area contributed by atoms with Gasteiger partial charge in [-0.15, -0.1) is 0 Å². The molecule has 110 valence electrons. The van der Waals surface area contributed by atoms with Gasteiger partial charge in [0.05, 0.1) is 0 Å². The predicted octanol–water partition coefficient (Wildman–Crippen LogP) is 2.83. The van der Waals surface area contributed by atoms with Gasteiger partial charge in [-0.25, -0.2) is 4.98 Å². The van der Waals surface area contributed by atoms with E-state index in [4.69, 9.17) is 5.73 Å². The number of hydrogen-bond acceptors (Lipinski definition) is 4. The number of nitrogens with zero attached hydrogens (tertiary/aromatic N) is 2. The van der Waals surface area contributed by atoms with E-state index in [-0.39, 0.29) is 17.7 Å². The van der Waals surface area contributed by atoms with Gasteiger partial charge in [0.25, 0.3) is 0 Å². The summed E-state index contributed by atoms with van der Waals surface area (Å²) < 4.78 is 37.9. The summed E-state index contributed by atoms with van der Waals surface area (Å²) in [4.78, 5) is 6.99. The van der Waals surface area contributed by atoms with Gasteiger partial charge in [-0.3, -0.25) is 0 Å². The minimum absolute atomic E-state index is 0.0965. The minimum Gasteiger partial charge on any atom is -0.369 e. The van der Waals surface area contributed by atoms with Gasteiger partial charge in [-0.05, 0) is 17.5 Å². The molecule has 0 spiro atoms. The first-order valence-corrected chi connectivity index (χ1v) is 6.47. The number of aromatic nitrogens is 2. The molecule has 1 aromatic heterocycles. The first kappa shape index (κ1) is 13.7. The molecule has 4 nitrogen and oxygen atoms in total. The average Bonchev–Trinajstić information content (AvgIpc) is 2.38. The topological polar surface area (TPSA) is 63.8 Å². The number of nitrogen functional groups attached to an aromatic ring is 1. The number of nitrogens with one attached hydrogen (secondary N) is 1. The molecule has 0 amide bonds. The van der Waals surface area contributed by atoms with Crippen molar-refractivity contribution in [3.05, 3.63) is 47.2 Å². The molecule has 3 N–H and O–H groups in total. The number of anilines is 2. The van der Waals surface area contributed by atoms with Crippen molar-refractivity contribution in [1.82, 2.24) is 9.97 Å². The molecular formula is C14H13F3N4. The Labute approximate surface area is 119 Å². The van der Waals surface area contributed by atoms with Crippen molar-refractivity contribution in [2.75, 3.05) is 17.6 Å². The number of benzene rings is 1. The van der Waals surface area contributed by atoms with Crippen LogP contribution in [-0.2, 0) is 12.6 Å². The largest absolute Gasteiger partial charge is 0.433 e. The maximum absolute atomic E-state index is 12.6. The minimum atomic E-state index is -4.53. The first-order valence-electron chi connectivity index (χ1n) is 6.47. The van der Waals surface area contributed by atoms with Crippen LogP contribution in [0.1, 0.15) is 22.7 Å². The van der Waals surface area contributed by atoms with Gasteiger partial charge in [0.15, 0.2) is 5.69 Å². The number of nitrogens with two attached hydrogens (primary N) is 1. The summed E-state index contributed by atoms with van der Waals surface area (Å²) >= 11 is 0. The average molecular weight is 294 g/mol. The molecule has 0 radical (unpaired) electrons. The number of alkyl halides is 3. The normalized spacial score (nSPS) is 17.0. The van der Waals surface area contributed by atoms with E-state index in [1.54, 1.807) is 0 Å². The molecule has 2 aromatic rings. The molecule has 0 fully saturated rings. The lowest BCUT2D eigenvalue weighted by Crippen LogP contribution is -2.25. The van der Waals surface area contributed by atoms with Gasteiger partial charge in [0.2, 0.25) is 5.95 Å². The van der Waals surface area contributed by atoms with Crippen LogP contribution in [0.3, 0.4) is 0 Å². The SMILES string of the molecule is Nc1nc(NCC2Cc3ccccc32)cc(C(F)(F)F)n1. The van der Waals surface area contributed by atoms with E-state index in [2.05, 4.69) is 21.4 Å². The van der Waals surface area contributed by atoms with Gasteiger partial charge >= 0.3 is 6.18 Å². The summed E-state index contributed by atoms with van der Waals surface area (Å²) in [5.41, 5.74) is 6.79. The third-order valence-corrected chi connectivity index (χ3v) is 3.52. The Balaban J connectivity index is 1.71. The summed E-state index contributed by atoms with van der Waals surface area (Å²) in [6, 6.07) is 8.89. The molecule has 21 heavy (non-hydrogen) atoms. The molecular weight excluding hydrogens is 281 g/mol. The Bertz CT molecular complexity index is 670. The van der Waals surface area contributed by atoms with Crippen LogP contribution in [0.25, 0.3) is 0 Å². The zero-order chi connectivity index (χ0) is 15.0. The molecule has 0 saturated heterocycles. The van der Waals surface area contributed by atoms with Crippen molar-refractivity contribution < 1.29 is 13.2 Å². The Kier molecular flexibility index (Phi) is 3.19. The second-order valence-electron chi connectivity index (χ2n) is 4.98. The highest BCUT2D eigenvalue weighted by Crippen LogP contribution is 2.35. The van der Waals surface area contributed by atoms with E-state index in [9.17, 15) is 13.2 Å². The van der Waals surface area contributed by atoms with Crippen LogP contribution in [0, 0.1) is 0 Å². The summed E-state index contributed by atoms with van der Waals surface area (Å²) in [5.74, 6) is -0.00716. The fraction of sp³-hybridized carbons (Fsp3) is 0.286. The quantitative estimate of drug-likeness (QED) is 0.913. The molecule has 1 aromatic carbocycles. The van der Waals surface area contributed by atoms with Crippen molar-refractivity contribution in [3.8, 4) is 0 Å². The third-order valence-electron chi connectivity index (χ3n) is 3.52. The Morgan fingerprint density at radius 1 is 1.24 bits per heavy atom. The van der Waals surface area contributed by atoms with E-state index < -0.39 is 11.9 Å². The van der Waals surface area contributed by atoms with Crippen molar-refractivity contribution in [2.45, 2.75) is 18.5 Å². The van der Waals surface area contributed by atoms with Crippen molar-refractivity contribution >= 4 is 11.8 Å². The molecule has 1 aliphatic carbocycles. The third kappa shape index (κ3) is 2.76. The summed E-state index contributed by atoms with van der Waals surface area (Å²) in [6.45, 7) is 0.519. The molecule has 1 aliphatic rings. The van der Waals surface area contributed by atoms with Crippen LogP contribution in [0.2, 0.25) is 0 Å². The molecule has 7 heteroatoms. The molecule has 0 bridgehead atoms. The summed E-state index contributed by atoms with van der Waals surface area (Å²) in [6.07, 6.45) is -3.62. The zero-order valence-electron chi connectivity index (χ0n) is 11.0. The standard InChI is InChI=1S/C14H13F3N4/c15-14(16,17)11-6-12(21-13(18)20-11)19-7-9-5-8-3-1-2-4-10(8)9/h1-4,6,9H,5,7H2,(H3,18,19,20,21). The maximum Gasteiger partial charge on any atom is 0.433 e. The molecule has 3 rings (SSSR count). The summed E-state index contributed by atoms with van der Waals surface area (Å²) in [7, 11) is 0. The van der Waals surface area contributed by atoms with Crippen LogP contribution >= 0.6 is 0 Å². The lowest BCUT2D eigenvalue weighted by molar-refractivity contribution is -0.141. The molecule has 1 unspecified atom stereocenters. The van der Waals surface area contributed by atoms with Gasteiger partial charge in [-0.2, -0.15) is 18.2 Å². The van der Waals surface area contributed by atoms with Crippen molar-refractivity contribution in [1.29, 1.82) is 0 Å². The number of fused-ring (bicyclic) bond motifs is 1. The highest BCUT2D eigenvalue weighted by atomic mass is 19.4. The van der Waals surface area contributed by atoms with Crippen LogP contribution in [-0.4, -0.2) is 16.5 Å². The molecule has 1 atom stereocenters. The number of hydrogen-bond donors (Lipinski definition) is 2. The fourth-order valence-corrected chi connectivity index (χ4v) is 2.47. The zero-order valence-corrected chi connectivity index (χ0v) is 11.0. The highest BCUT2D eigenvalue weighted by Gasteiger charge is 2.33. The Morgan fingerprint density at radius 3 is 2.71 bits per heavy atom. The van der Waals surface area contributed by atoms with E-state index >= 15 is 0 Å². The predicted molar refractivity (Wildman–Crippen MR) is 72.8 cm³/mol. The second kappa shape index (κ2) is 4.91. The number of halogens is 3. The van der Waals surface area contributed by atoms with Crippen LogP contribution in [0.5, 0.6) is 0 Å². The van der Waals surface area contributed by atoms with Crippen LogP contribution in [0.15, 0.2) is 30.3 Å². The van der Waals surface area contributed by atoms with Crippen LogP contribution < -0.4 is 11.1 Å². The second-order valence-corrected chi connectivity index (χ2v) is 4.98. The van der Waals surface area contributed by atoms with E-state index in [0.29, 0.717) is 6.54 Å². The lowest BCUT2D eigenvalue weighted by Gasteiger charge is -2.30. The fourth-order valence-electron chi connectivity index (χ4n) is 2.47. The van der Waals surface area contributed by atoms with Gasteiger partial charge in [-0.1, -0.05) is 24.3 Å². The Hall–Kier alpha value is -2.31. The van der Waals surface area contributed by atoms with E-state index in [1.807, 2.05) is 18.2 Å². The lowest BCUT2D eigenvalue weighted by atomic mass is 9.77. The summed E-state index contributed by atoms with van der Waals surface area (Å²) in [5, 5.41) is 2.91. The molecule has 0 saturated carbocycles. The van der Waals surface area contributed by atoms with Gasteiger partial charge in [0, 0.05) is 18.5 Å². The van der Waals surface area contributed by atoms with Crippen LogP contribution in [0.4, 0.5) is 24.9 Å². The van der Waals surface area contributed by atoms with Gasteiger partial charge in [0.1, 0.15) is 5.82 Å². The van der Waals surface area contributed by atoms with Gasteiger partial charge < -0.3 is 11.1 Å². The maximum atomic E-state index is 12.6. The first-order chi connectivity index (χ1) is 9.93. The van der Waals surface area contributed by atoms with Crippen molar-refractivity contribution in [2.24, 2.45) is 0 Å².